The number of carbonyl (C=O) groups is 2. The van der Waals surface area contributed by atoms with Gasteiger partial charge in [0.05, 0.1) is 17.9 Å². The fourth-order valence-corrected chi connectivity index (χ4v) is 4.53. The van der Waals surface area contributed by atoms with Gasteiger partial charge in [0.1, 0.15) is 5.75 Å². The van der Waals surface area contributed by atoms with Gasteiger partial charge in [0, 0.05) is 19.0 Å². The average molecular weight is 469 g/mol. The molecule has 0 aliphatic carbocycles. The van der Waals surface area contributed by atoms with Crippen LogP contribution in [0.3, 0.4) is 0 Å². The van der Waals surface area contributed by atoms with E-state index in [1.54, 1.807) is 19.1 Å². The van der Waals surface area contributed by atoms with Crippen LogP contribution in [0.15, 0.2) is 41.6 Å². The maximum Gasteiger partial charge on any atom is 0.338 e. The average Bonchev–Trinajstić information content (AvgIpc) is 2.81. The van der Waals surface area contributed by atoms with Crippen molar-refractivity contribution in [1.82, 2.24) is 4.90 Å². The van der Waals surface area contributed by atoms with Gasteiger partial charge >= 0.3 is 5.97 Å². The van der Waals surface area contributed by atoms with Gasteiger partial charge in [-0.15, -0.1) is 0 Å². The predicted molar refractivity (Wildman–Crippen MR) is 132 cm³/mol. The van der Waals surface area contributed by atoms with Gasteiger partial charge in [-0.1, -0.05) is 30.3 Å². The largest absolute Gasteiger partial charge is 0.508 e. The van der Waals surface area contributed by atoms with Crippen LogP contribution in [0.4, 0.5) is 0 Å². The topological polar surface area (TPSA) is 88.4 Å². The lowest BCUT2D eigenvalue weighted by atomic mass is 9.96. The summed E-state index contributed by atoms with van der Waals surface area (Å²) in [6.07, 6.45) is 14.7. The van der Waals surface area contributed by atoms with E-state index in [4.69, 9.17) is 9.57 Å². The summed E-state index contributed by atoms with van der Waals surface area (Å²) in [5, 5.41) is 14.4. The van der Waals surface area contributed by atoms with Crippen LogP contribution < -0.4 is 0 Å². The number of allylic oxidation sites excluding steroid dienone is 3. The van der Waals surface area contributed by atoms with Gasteiger partial charge in [0.15, 0.2) is 6.61 Å². The Kier molecular flexibility index (Phi) is 9.74. The van der Waals surface area contributed by atoms with E-state index < -0.39 is 5.97 Å². The maximum absolute atomic E-state index is 12.8. The molecule has 1 N–H and O–H groups in total. The van der Waals surface area contributed by atoms with Crippen molar-refractivity contribution >= 4 is 17.6 Å². The van der Waals surface area contributed by atoms with E-state index in [0.717, 1.165) is 45.1 Å². The minimum atomic E-state index is -0.423. The van der Waals surface area contributed by atoms with Crippen LogP contribution in [0.5, 0.6) is 5.75 Å². The number of hydrogen-bond acceptors (Lipinski definition) is 6. The first-order valence-electron chi connectivity index (χ1n) is 12.3. The van der Waals surface area contributed by atoms with E-state index in [1.165, 1.54) is 0 Å². The number of hydrogen-bond donors (Lipinski definition) is 1. The van der Waals surface area contributed by atoms with Crippen molar-refractivity contribution < 1.29 is 24.3 Å². The summed E-state index contributed by atoms with van der Waals surface area (Å²) in [5.41, 5.74) is 2.24. The number of benzene rings is 1. The molecular formula is C27H36N2O5. The molecule has 0 bridgehead atoms. The molecule has 2 aliphatic rings. The lowest BCUT2D eigenvalue weighted by Gasteiger charge is -2.34. The molecule has 1 aromatic rings. The zero-order valence-corrected chi connectivity index (χ0v) is 20.3. The number of nitrogens with zero attached hydrogens (tertiary/aromatic N) is 2. The lowest BCUT2D eigenvalue weighted by molar-refractivity contribution is -0.139. The molecule has 1 amide bonds. The van der Waals surface area contributed by atoms with Gasteiger partial charge in [0.25, 0.3) is 5.91 Å². The molecule has 0 saturated carbocycles. The second-order valence-corrected chi connectivity index (χ2v) is 8.85. The number of likely N-dealkylation sites (tertiary alicyclic amines) is 1. The standard InChI is InChI=1S/C27H36N2O5/c1-3-23-13-9-10-14-29(23)25(31)19-34-28-22-12-8-6-4-5-7-11-15-33-27(32)26-20(2)16-24(30)18-21(26)17-22/h5,7-8,12,16,18,23,30H,3-4,6,9-11,13-15,17,19H2,1-2H3/b7-5+,12-8+,28-22+. The molecule has 0 radical (unpaired) electrons. The summed E-state index contributed by atoms with van der Waals surface area (Å²) < 4.78 is 5.46. The SMILES string of the molecule is CCC1CCCCN1C(=O)CO/N=C1\C=C\CC/C=C/CCOC(=O)c2c(C)cc(O)cc2C1. The molecule has 0 spiro atoms. The van der Waals surface area contributed by atoms with Gasteiger partial charge in [-0.05, 0) is 81.2 Å². The number of aromatic hydroxyl groups is 1. The Morgan fingerprint density at radius 1 is 1.21 bits per heavy atom. The Morgan fingerprint density at radius 3 is 2.82 bits per heavy atom. The highest BCUT2D eigenvalue weighted by molar-refractivity contribution is 6.00. The molecule has 7 nitrogen and oxygen atoms in total. The molecule has 1 fully saturated rings. The minimum absolute atomic E-state index is 0.0524. The summed E-state index contributed by atoms with van der Waals surface area (Å²) in [6.45, 7) is 4.81. The smallest absolute Gasteiger partial charge is 0.338 e. The third-order valence-electron chi connectivity index (χ3n) is 6.26. The van der Waals surface area contributed by atoms with Crippen molar-refractivity contribution in [2.75, 3.05) is 19.8 Å². The summed E-state index contributed by atoms with van der Waals surface area (Å²) in [7, 11) is 0. The van der Waals surface area contributed by atoms with Crippen molar-refractivity contribution in [3.63, 3.8) is 0 Å². The van der Waals surface area contributed by atoms with Crippen LogP contribution in [0, 0.1) is 6.92 Å². The zero-order chi connectivity index (χ0) is 24.3. The molecule has 2 aliphatic heterocycles. The number of phenols is 1. The number of amides is 1. The van der Waals surface area contributed by atoms with E-state index in [-0.39, 0.29) is 30.7 Å². The number of cyclic esters (lactones) is 1. The number of piperidine rings is 1. The Hall–Kier alpha value is -3.09. The quantitative estimate of drug-likeness (QED) is 0.387. The first kappa shape index (κ1) is 25.5. The number of esters is 1. The number of carbonyl (C=O) groups excluding carboxylic acids is 2. The van der Waals surface area contributed by atoms with Crippen molar-refractivity contribution in [2.24, 2.45) is 5.16 Å². The van der Waals surface area contributed by atoms with Crippen LogP contribution in [-0.2, 0) is 20.8 Å². The number of phenolic OH excluding ortho intramolecular Hbond substituents is 1. The molecule has 0 aromatic heterocycles. The molecule has 184 valence electrons. The Labute approximate surface area is 202 Å². The molecule has 1 saturated heterocycles. The molecule has 1 atom stereocenters. The van der Waals surface area contributed by atoms with E-state index in [0.29, 0.717) is 35.4 Å². The molecule has 34 heavy (non-hydrogen) atoms. The van der Waals surface area contributed by atoms with Gasteiger partial charge in [-0.3, -0.25) is 4.79 Å². The zero-order valence-electron chi connectivity index (χ0n) is 20.3. The molecular weight excluding hydrogens is 432 g/mol. The number of fused-ring (bicyclic) bond motifs is 1. The fraction of sp³-hybridized carbons (Fsp3) is 0.519. The number of oxime groups is 1. The highest BCUT2D eigenvalue weighted by Crippen LogP contribution is 2.24. The van der Waals surface area contributed by atoms with Crippen LogP contribution in [0.25, 0.3) is 0 Å². The Bertz CT molecular complexity index is 951. The predicted octanol–water partition coefficient (Wildman–Crippen LogP) is 4.86. The first-order valence-corrected chi connectivity index (χ1v) is 12.3. The van der Waals surface area contributed by atoms with Crippen molar-refractivity contribution in [3.05, 3.63) is 53.1 Å². The van der Waals surface area contributed by atoms with Gasteiger partial charge < -0.3 is 19.6 Å². The van der Waals surface area contributed by atoms with Crippen LogP contribution >= 0.6 is 0 Å². The van der Waals surface area contributed by atoms with E-state index in [9.17, 15) is 14.7 Å². The molecule has 1 aromatic carbocycles. The van der Waals surface area contributed by atoms with E-state index in [2.05, 4.69) is 18.2 Å². The van der Waals surface area contributed by atoms with Crippen LogP contribution in [0.2, 0.25) is 0 Å². The molecule has 2 heterocycles. The van der Waals surface area contributed by atoms with Crippen molar-refractivity contribution in [3.8, 4) is 5.75 Å². The fourth-order valence-electron chi connectivity index (χ4n) is 4.53. The summed E-state index contributed by atoms with van der Waals surface area (Å²) in [6, 6.07) is 3.38. The van der Waals surface area contributed by atoms with E-state index >= 15 is 0 Å². The monoisotopic (exact) mass is 468 g/mol. The summed E-state index contributed by atoms with van der Waals surface area (Å²) in [5.74, 6) is -0.403. The molecule has 7 heteroatoms. The van der Waals surface area contributed by atoms with E-state index in [1.807, 2.05) is 23.1 Å². The third-order valence-corrected chi connectivity index (χ3v) is 6.26. The molecule has 1 unspecified atom stereocenters. The summed E-state index contributed by atoms with van der Waals surface area (Å²) >= 11 is 0. The van der Waals surface area contributed by atoms with Crippen LogP contribution in [0.1, 0.15) is 73.4 Å². The Morgan fingerprint density at radius 2 is 2.00 bits per heavy atom. The number of rotatable bonds is 4. The van der Waals surface area contributed by atoms with Gasteiger partial charge in [-0.2, -0.15) is 0 Å². The second-order valence-electron chi connectivity index (χ2n) is 8.85. The minimum Gasteiger partial charge on any atom is -0.508 e. The third kappa shape index (κ3) is 7.20. The Balaban J connectivity index is 1.80. The highest BCUT2D eigenvalue weighted by atomic mass is 16.6. The van der Waals surface area contributed by atoms with Gasteiger partial charge in [-0.25, -0.2) is 4.79 Å². The van der Waals surface area contributed by atoms with Gasteiger partial charge in [0.2, 0.25) is 0 Å². The highest BCUT2D eigenvalue weighted by Gasteiger charge is 2.25. The number of aryl methyl sites for hydroxylation is 1. The normalized spacial score (nSPS) is 22.9. The van der Waals surface area contributed by atoms with Crippen LogP contribution in [-0.4, -0.2) is 53.4 Å². The summed E-state index contributed by atoms with van der Waals surface area (Å²) in [4.78, 5) is 32.9. The van der Waals surface area contributed by atoms with Crippen molar-refractivity contribution in [2.45, 2.75) is 71.3 Å². The lowest BCUT2D eigenvalue weighted by Crippen LogP contribution is -2.44. The molecule has 3 rings (SSSR count). The number of ether oxygens (including phenoxy) is 1. The van der Waals surface area contributed by atoms with Crippen molar-refractivity contribution in [1.29, 1.82) is 0 Å². The first-order chi connectivity index (χ1) is 16.5. The maximum atomic E-state index is 12.8. The second kappa shape index (κ2) is 13.0.